The van der Waals surface area contributed by atoms with E-state index in [9.17, 15) is 4.79 Å². The molecule has 0 fully saturated rings. The molecule has 1 amide bonds. The van der Waals surface area contributed by atoms with E-state index in [1.807, 2.05) is 60.7 Å². The zero-order valence-corrected chi connectivity index (χ0v) is 22.0. The van der Waals surface area contributed by atoms with E-state index in [0.717, 1.165) is 22.3 Å². The van der Waals surface area contributed by atoms with E-state index in [0.29, 0.717) is 51.8 Å². The molecule has 0 spiro atoms. The van der Waals surface area contributed by atoms with Crippen molar-refractivity contribution in [2.75, 3.05) is 12.4 Å². The summed E-state index contributed by atoms with van der Waals surface area (Å²) in [5, 5.41) is 8.43. The molecule has 10 heteroatoms. The lowest BCUT2D eigenvalue weighted by molar-refractivity contribution is -0.114. The van der Waals surface area contributed by atoms with Gasteiger partial charge in [0.05, 0.1) is 18.7 Å². The molecular weight excluding hydrogens is 516 g/mol. The number of hydrogen-bond acceptors (Lipinski definition) is 8. The summed E-state index contributed by atoms with van der Waals surface area (Å²) in [5.41, 5.74) is 3.80. The van der Waals surface area contributed by atoms with Crippen LogP contribution in [0.4, 0.5) is 5.69 Å². The monoisotopic (exact) mass is 540 g/mol. The minimum atomic E-state index is -0.190. The zero-order valence-electron chi connectivity index (χ0n) is 21.2. The molecule has 0 radical (unpaired) electrons. The quantitative estimate of drug-likeness (QED) is 0.229. The van der Waals surface area contributed by atoms with Gasteiger partial charge in [0.25, 0.3) is 5.19 Å². The minimum absolute atomic E-state index is 0.190. The predicted octanol–water partition coefficient (Wildman–Crippen LogP) is 6.33. The van der Waals surface area contributed by atoms with Gasteiger partial charge in [-0.25, -0.2) is 9.50 Å². The summed E-state index contributed by atoms with van der Waals surface area (Å²) in [6, 6.07) is 23.2. The molecule has 3 aromatic heterocycles. The van der Waals surface area contributed by atoms with Crippen molar-refractivity contribution in [2.24, 2.45) is 0 Å². The zero-order chi connectivity index (χ0) is 26.8. The van der Waals surface area contributed by atoms with E-state index in [1.165, 1.54) is 18.3 Å². The fraction of sp³-hybridized carbons (Fsp3) is 0.138. The van der Waals surface area contributed by atoms with Gasteiger partial charge in [0.1, 0.15) is 36.0 Å². The first-order valence-electron chi connectivity index (χ1n) is 12.2. The molecule has 0 aliphatic heterocycles. The summed E-state index contributed by atoms with van der Waals surface area (Å²) in [5.74, 6) is 1.70. The van der Waals surface area contributed by atoms with Gasteiger partial charge in [0.15, 0.2) is 5.76 Å². The summed E-state index contributed by atoms with van der Waals surface area (Å²) >= 11 is 1.34. The topological polar surface area (TPSA) is 100 Å². The number of aromatic nitrogens is 3. The highest BCUT2D eigenvalue weighted by molar-refractivity contribution is 7.18. The smallest absolute Gasteiger partial charge is 0.294 e. The van der Waals surface area contributed by atoms with E-state index in [2.05, 4.69) is 15.4 Å². The molecule has 1 N–H and O–H groups in total. The van der Waals surface area contributed by atoms with Crippen LogP contribution in [0.3, 0.4) is 0 Å². The van der Waals surface area contributed by atoms with E-state index in [4.69, 9.17) is 18.6 Å². The summed E-state index contributed by atoms with van der Waals surface area (Å²) < 4.78 is 25.2. The van der Waals surface area contributed by atoms with Crippen molar-refractivity contribution in [2.45, 2.75) is 20.1 Å². The molecule has 9 nitrogen and oxygen atoms in total. The number of carbonyl (C=O) groups is 1. The molecule has 0 atom stereocenters. The van der Waals surface area contributed by atoms with Crippen molar-refractivity contribution in [3.8, 4) is 28.1 Å². The highest BCUT2D eigenvalue weighted by Gasteiger charge is 2.17. The molecule has 3 heterocycles. The number of methoxy groups -OCH3 is 1. The number of nitrogens with zero attached hydrogens (tertiary/aromatic N) is 3. The van der Waals surface area contributed by atoms with E-state index in [1.54, 1.807) is 30.0 Å². The average molecular weight is 541 g/mol. The molecular formula is C29H24N4O5S. The van der Waals surface area contributed by atoms with Crippen LogP contribution in [0.15, 0.2) is 83.4 Å². The number of rotatable bonds is 9. The third kappa shape index (κ3) is 5.41. The summed E-state index contributed by atoms with van der Waals surface area (Å²) in [4.78, 5) is 17.1. The Morgan fingerprint density at radius 1 is 1.00 bits per heavy atom. The van der Waals surface area contributed by atoms with Crippen LogP contribution >= 0.6 is 11.3 Å². The van der Waals surface area contributed by atoms with Gasteiger partial charge in [0.2, 0.25) is 10.9 Å². The predicted molar refractivity (Wildman–Crippen MR) is 148 cm³/mol. The molecule has 0 bridgehead atoms. The van der Waals surface area contributed by atoms with Crippen molar-refractivity contribution in [3.63, 3.8) is 0 Å². The maximum Gasteiger partial charge on any atom is 0.294 e. The highest BCUT2D eigenvalue weighted by atomic mass is 32.1. The first-order chi connectivity index (χ1) is 19.0. The summed E-state index contributed by atoms with van der Waals surface area (Å²) in [6.45, 7) is 2.24. The van der Waals surface area contributed by atoms with Crippen molar-refractivity contribution in [1.82, 2.24) is 14.6 Å². The molecule has 6 aromatic rings. The maximum atomic E-state index is 11.8. The second-order valence-electron chi connectivity index (χ2n) is 8.81. The van der Waals surface area contributed by atoms with Crippen LogP contribution in [0.25, 0.3) is 27.4 Å². The van der Waals surface area contributed by atoms with Crippen molar-refractivity contribution in [1.29, 1.82) is 0 Å². The van der Waals surface area contributed by atoms with Crippen molar-refractivity contribution >= 4 is 38.9 Å². The van der Waals surface area contributed by atoms with Gasteiger partial charge in [-0.15, -0.1) is 5.10 Å². The van der Waals surface area contributed by atoms with Crippen LogP contribution in [-0.4, -0.2) is 27.6 Å². The SMILES string of the molecule is COc1nn2cc(-c3cc4c(OCc5cccc(OCc6ccccc6)c5)cc(NC(C)=O)cc4o3)nc2s1. The number of anilines is 1. The van der Waals surface area contributed by atoms with E-state index >= 15 is 0 Å². The molecule has 0 unspecified atom stereocenters. The van der Waals surface area contributed by atoms with Gasteiger partial charge in [-0.1, -0.05) is 42.5 Å². The van der Waals surface area contributed by atoms with Gasteiger partial charge < -0.3 is 23.9 Å². The Bertz CT molecular complexity index is 1740. The first-order valence-corrected chi connectivity index (χ1v) is 13.0. The standard InChI is InChI=1S/C29H24N4O5S/c1-18(34)30-21-12-25(37-17-20-9-6-10-22(11-20)36-16-19-7-4-3-5-8-19)23-14-27(38-26(23)13-21)24-15-33-28(31-24)39-29(32-33)35-2/h3-15H,16-17H2,1-2H3,(H,30,34). The Morgan fingerprint density at radius 2 is 1.82 bits per heavy atom. The molecule has 6 rings (SSSR count). The third-order valence-electron chi connectivity index (χ3n) is 5.91. The lowest BCUT2D eigenvalue weighted by Gasteiger charge is -2.11. The molecule has 0 aliphatic rings. The molecule has 39 heavy (non-hydrogen) atoms. The van der Waals surface area contributed by atoms with E-state index < -0.39 is 0 Å². The number of furan rings is 1. The van der Waals surface area contributed by atoms with Crippen LogP contribution in [-0.2, 0) is 18.0 Å². The van der Waals surface area contributed by atoms with Gasteiger partial charge in [-0.05, 0) is 40.7 Å². The maximum absolute atomic E-state index is 11.8. The molecule has 3 aromatic carbocycles. The lowest BCUT2D eigenvalue weighted by atomic mass is 10.2. The Balaban J connectivity index is 1.26. The second-order valence-corrected chi connectivity index (χ2v) is 9.73. The lowest BCUT2D eigenvalue weighted by Crippen LogP contribution is -2.06. The van der Waals surface area contributed by atoms with Crippen molar-refractivity contribution in [3.05, 3.63) is 90.1 Å². The number of imidazole rings is 1. The molecule has 0 saturated carbocycles. The fourth-order valence-electron chi connectivity index (χ4n) is 4.14. The average Bonchev–Trinajstić information content (AvgIpc) is 3.64. The number of amides is 1. The summed E-state index contributed by atoms with van der Waals surface area (Å²) in [6.07, 6.45) is 1.78. The normalized spacial score (nSPS) is 11.1. The number of ether oxygens (including phenoxy) is 3. The third-order valence-corrected chi connectivity index (χ3v) is 6.80. The molecule has 0 aliphatic carbocycles. The van der Waals surface area contributed by atoms with Gasteiger partial charge in [-0.2, -0.15) is 0 Å². The fourth-order valence-corrected chi connectivity index (χ4v) is 4.84. The highest BCUT2D eigenvalue weighted by Crippen LogP contribution is 2.37. The van der Waals surface area contributed by atoms with Crippen LogP contribution in [0.2, 0.25) is 0 Å². The minimum Gasteiger partial charge on any atom is -0.489 e. The van der Waals surface area contributed by atoms with Crippen molar-refractivity contribution < 1.29 is 23.4 Å². The number of nitrogens with one attached hydrogen (secondary N) is 1. The number of benzene rings is 3. The number of carbonyl (C=O) groups excluding carboxylic acids is 1. The van der Waals surface area contributed by atoms with Gasteiger partial charge in [-0.3, -0.25) is 4.79 Å². The second kappa shape index (κ2) is 10.5. The Hall–Kier alpha value is -4.83. The molecule has 196 valence electrons. The van der Waals surface area contributed by atoms with Crippen LogP contribution < -0.4 is 19.5 Å². The number of fused-ring (bicyclic) bond motifs is 2. The molecule has 0 saturated heterocycles. The Morgan fingerprint density at radius 3 is 2.62 bits per heavy atom. The largest absolute Gasteiger partial charge is 0.489 e. The van der Waals surface area contributed by atoms with Gasteiger partial charge in [0, 0.05) is 24.7 Å². The Labute approximate surface area is 227 Å². The van der Waals surface area contributed by atoms with Gasteiger partial charge >= 0.3 is 0 Å². The Kier molecular flexibility index (Phi) is 6.60. The summed E-state index contributed by atoms with van der Waals surface area (Å²) in [7, 11) is 1.57. The van der Waals surface area contributed by atoms with Crippen LogP contribution in [0.5, 0.6) is 16.7 Å². The first kappa shape index (κ1) is 24.5. The van der Waals surface area contributed by atoms with Crippen LogP contribution in [0, 0.1) is 0 Å². The van der Waals surface area contributed by atoms with Crippen LogP contribution in [0.1, 0.15) is 18.1 Å². The number of hydrogen-bond donors (Lipinski definition) is 1. The van der Waals surface area contributed by atoms with E-state index in [-0.39, 0.29) is 5.91 Å².